The first-order chi connectivity index (χ1) is 13.2. The van der Waals surface area contributed by atoms with E-state index in [2.05, 4.69) is 15.2 Å². The van der Waals surface area contributed by atoms with Gasteiger partial charge in [0.15, 0.2) is 5.76 Å². The summed E-state index contributed by atoms with van der Waals surface area (Å²) in [5, 5.41) is 2.99. The molecule has 2 aromatic heterocycles. The average molecular weight is 364 g/mol. The first-order valence-electron chi connectivity index (χ1n) is 9.37. The highest BCUT2D eigenvalue weighted by molar-refractivity contribution is 6.02. The van der Waals surface area contributed by atoms with Crippen LogP contribution >= 0.6 is 0 Å². The Hall–Kier alpha value is -2.86. The second kappa shape index (κ2) is 7.80. The number of carbonyl (C=O) groups excluding carboxylic acids is 1. The predicted molar refractivity (Wildman–Crippen MR) is 104 cm³/mol. The molecular formula is C21H24N4O2. The minimum atomic E-state index is -0.225. The first-order valence-corrected chi connectivity index (χ1v) is 9.37. The van der Waals surface area contributed by atoms with E-state index in [4.69, 9.17) is 4.42 Å². The first kappa shape index (κ1) is 17.5. The number of hydrogen-bond donors (Lipinski definition) is 1. The molecule has 4 rings (SSSR count). The summed E-state index contributed by atoms with van der Waals surface area (Å²) < 4.78 is 7.82. The van der Waals surface area contributed by atoms with Crippen molar-refractivity contribution >= 4 is 11.6 Å². The second-order valence-electron chi connectivity index (χ2n) is 6.96. The van der Waals surface area contributed by atoms with Crippen molar-refractivity contribution in [2.24, 2.45) is 0 Å². The Kier molecular flexibility index (Phi) is 5.07. The highest BCUT2D eigenvalue weighted by atomic mass is 16.4. The number of nitrogens with one attached hydrogen (secondary N) is 1. The molecule has 6 heteroatoms. The van der Waals surface area contributed by atoms with Crippen molar-refractivity contribution < 1.29 is 9.21 Å². The van der Waals surface area contributed by atoms with Gasteiger partial charge in [-0.05, 0) is 56.6 Å². The van der Waals surface area contributed by atoms with Crippen LogP contribution in [0.2, 0.25) is 0 Å². The van der Waals surface area contributed by atoms with Crippen LogP contribution < -0.4 is 5.32 Å². The molecule has 0 saturated carbocycles. The zero-order valence-corrected chi connectivity index (χ0v) is 15.5. The molecule has 1 fully saturated rings. The van der Waals surface area contributed by atoms with Gasteiger partial charge in [0, 0.05) is 18.1 Å². The van der Waals surface area contributed by atoms with Crippen molar-refractivity contribution in [1.82, 2.24) is 14.5 Å². The maximum Gasteiger partial charge on any atom is 0.291 e. The molecule has 3 heterocycles. The number of rotatable bonds is 6. The second-order valence-corrected chi connectivity index (χ2v) is 6.96. The van der Waals surface area contributed by atoms with Gasteiger partial charge in [0.2, 0.25) is 0 Å². The van der Waals surface area contributed by atoms with Crippen LogP contribution in [0.15, 0.2) is 53.2 Å². The molecule has 1 amide bonds. The molecule has 1 aliphatic heterocycles. The summed E-state index contributed by atoms with van der Waals surface area (Å²) in [5.74, 6) is 1.90. The van der Waals surface area contributed by atoms with Crippen LogP contribution in [0.5, 0.6) is 0 Å². The van der Waals surface area contributed by atoms with Crippen LogP contribution in [0.1, 0.15) is 40.5 Å². The lowest BCUT2D eigenvalue weighted by molar-refractivity contribution is 0.0993. The van der Waals surface area contributed by atoms with Gasteiger partial charge in [-0.3, -0.25) is 9.69 Å². The molecule has 1 saturated heterocycles. The fourth-order valence-corrected chi connectivity index (χ4v) is 3.46. The van der Waals surface area contributed by atoms with Crippen molar-refractivity contribution in [3.05, 3.63) is 71.7 Å². The third kappa shape index (κ3) is 4.11. The number of aromatic nitrogens is 2. The van der Waals surface area contributed by atoms with Gasteiger partial charge in [0.05, 0.1) is 13.1 Å². The maximum absolute atomic E-state index is 12.6. The third-order valence-corrected chi connectivity index (χ3v) is 4.99. The number of amides is 1. The van der Waals surface area contributed by atoms with Crippen molar-refractivity contribution in [3.8, 4) is 0 Å². The average Bonchev–Trinajstić information content (AvgIpc) is 3.41. The van der Waals surface area contributed by atoms with Crippen LogP contribution in [0, 0.1) is 6.92 Å². The van der Waals surface area contributed by atoms with Crippen molar-refractivity contribution in [3.63, 3.8) is 0 Å². The SMILES string of the molecule is Cc1nccn1Cc1ccccc1NC(=O)c1ccc(CN2CCCC2)o1. The summed E-state index contributed by atoms with van der Waals surface area (Å²) >= 11 is 0. The van der Waals surface area contributed by atoms with Crippen molar-refractivity contribution in [2.75, 3.05) is 18.4 Å². The fourth-order valence-electron chi connectivity index (χ4n) is 3.46. The number of carbonyl (C=O) groups is 1. The van der Waals surface area contributed by atoms with Gasteiger partial charge in [0.25, 0.3) is 5.91 Å². The Bertz CT molecular complexity index is 922. The third-order valence-electron chi connectivity index (χ3n) is 4.99. The molecular weight excluding hydrogens is 340 g/mol. The Morgan fingerprint density at radius 2 is 1.96 bits per heavy atom. The van der Waals surface area contributed by atoms with Gasteiger partial charge in [-0.25, -0.2) is 4.98 Å². The molecule has 6 nitrogen and oxygen atoms in total. The molecule has 0 bridgehead atoms. The number of imidazole rings is 1. The van der Waals surface area contributed by atoms with Gasteiger partial charge in [-0.1, -0.05) is 18.2 Å². The summed E-state index contributed by atoms with van der Waals surface area (Å²) in [7, 11) is 0. The molecule has 0 atom stereocenters. The number of likely N-dealkylation sites (tertiary alicyclic amines) is 1. The molecule has 140 valence electrons. The Labute approximate surface area is 158 Å². The predicted octanol–water partition coefficient (Wildman–Crippen LogP) is 3.68. The van der Waals surface area contributed by atoms with E-state index in [0.29, 0.717) is 12.3 Å². The minimum Gasteiger partial charge on any atom is -0.455 e. The lowest BCUT2D eigenvalue weighted by atomic mass is 10.1. The Morgan fingerprint density at radius 3 is 2.74 bits per heavy atom. The molecule has 1 aromatic carbocycles. The van der Waals surface area contributed by atoms with E-state index in [0.717, 1.165) is 42.5 Å². The monoisotopic (exact) mass is 364 g/mol. The molecule has 0 spiro atoms. The zero-order valence-electron chi connectivity index (χ0n) is 15.5. The van der Waals surface area contributed by atoms with Crippen LogP contribution in [0.4, 0.5) is 5.69 Å². The molecule has 1 aliphatic rings. The minimum absolute atomic E-state index is 0.225. The molecule has 0 unspecified atom stereocenters. The van der Waals surface area contributed by atoms with E-state index in [9.17, 15) is 4.79 Å². The standard InChI is InChI=1S/C21H24N4O2/c1-16-22-10-13-25(16)14-17-6-2-3-7-19(17)23-21(26)20-9-8-18(27-20)15-24-11-4-5-12-24/h2-3,6-10,13H,4-5,11-12,14-15H2,1H3,(H,23,26). The molecule has 27 heavy (non-hydrogen) atoms. The summed E-state index contributed by atoms with van der Waals surface area (Å²) in [6.45, 7) is 5.59. The fraction of sp³-hybridized carbons (Fsp3) is 0.333. The molecule has 0 aliphatic carbocycles. The van der Waals surface area contributed by atoms with E-state index in [-0.39, 0.29) is 5.91 Å². The number of para-hydroxylation sites is 1. The Balaban J connectivity index is 1.45. The number of furan rings is 1. The van der Waals surface area contributed by atoms with E-state index < -0.39 is 0 Å². The van der Waals surface area contributed by atoms with Crippen LogP contribution in [-0.4, -0.2) is 33.4 Å². The number of nitrogens with zero attached hydrogens (tertiary/aromatic N) is 3. The van der Waals surface area contributed by atoms with Gasteiger partial charge < -0.3 is 14.3 Å². The highest BCUT2D eigenvalue weighted by Crippen LogP contribution is 2.20. The van der Waals surface area contributed by atoms with E-state index in [1.165, 1.54) is 12.8 Å². The van der Waals surface area contributed by atoms with Crippen LogP contribution in [0.3, 0.4) is 0 Å². The van der Waals surface area contributed by atoms with E-state index in [1.807, 2.05) is 48.0 Å². The normalized spacial score (nSPS) is 14.6. The van der Waals surface area contributed by atoms with E-state index >= 15 is 0 Å². The summed E-state index contributed by atoms with van der Waals surface area (Å²) in [6, 6.07) is 11.5. The number of hydrogen-bond acceptors (Lipinski definition) is 4. The molecule has 0 radical (unpaired) electrons. The maximum atomic E-state index is 12.6. The summed E-state index contributed by atoms with van der Waals surface area (Å²) in [4.78, 5) is 19.3. The van der Waals surface area contributed by atoms with E-state index in [1.54, 1.807) is 12.3 Å². The summed E-state index contributed by atoms with van der Waals surface area (Å²) in [5.41, 5.74) is 1.81. The highest BCUT2D eigenvalue weighted by Gasteiger charge is 2.17. The molecule has 1 N–H and O–H groups in total. The molecule has 3 aromatic rings. The number of anilines is 1. The Morgan fingerprint density at radius 1 is 1.15 bits per heavy atom. The van der Waals surface area contributed by atoms with Gasteiger partial charge in [-0.15, -0.1) is 0 Å². The lowest BCUT2D eigenvalue weighted by Gasteiger charge is -2.12. The topological polar surface area (TPSA) is 63.3 Å². The van der Waals surface area contributed by atoms with Crippen LogP contribution in [0.25, 0.3) is 0 Å². The van der Waals surface area contributed by atoms with Crippen LogP contribution in [-0.2, 0) is 13.1 Å². The zero-order chi connectivity index (χ0) is 18.6. The van der Waals surface area contributed by atoms with Gasteiger partial charge in [0.1, 0.15) is 11.6 Å². The largest absolute Gasteiger partial charge is 0.455 e. The number of benzene rings is 1. The van der Waals surface area contributed by atoms with Gasteiger partial charge in [-0.2, -0.15) is 0 Å². The van der Waals surface area contributed by atoms with Gasteiger partial charge >= 0.3 is 0 Å². The van der Waals surface area contributed by atoms with Crippen molar-refractivity contribution in [2.45, 2.75) is 32.9 Å². The number of aryl methyl sites for hydroxylation is 1. The summed E-state index contributed by atoms with van der Waals surface area (Å²) in [6.07, 6.45) is 6.19. The smallest absolute Gasteiger partial charge is 0.291 e. The lowest BCUT2D eigenvalue weighted by Crippen LogP contribution is -2.18. The quantitative estimate of drug-likeness (QED) is 0.725. The van der Waals surface area contributed by atoms with Crippen molar-refractivity contribution in [1.29, 1.82) is 0 Å².